The molecule has 1 aromatic heterocycles. The topological polar surface area (TPSA) is 68.5 Å². The quantitative estimate of drug-likeness (QED) is 0.901. The van der Waals surface area contributed by atoms with Gasteiger partial charge in [0.1, 0.15) is 5.56 Å². The number of aromatic nitrogens is 1. The van der Waals surface area contributed by atoms with Gasteiger partial charge in [-0.05, 0) is 44.2 Å². The molecule has 0 bridgehead atoms. The van der Waals surface area contributed by atoms with E-state index in [1.807, 2.05) is 6.92 Å². The standard InChI is InChI=1S/C14H19NO4/c1-9-7-10(2)15(13(16)12(9)14(17)18)8-11-3-5-19-6-4-11/h7,11H,3-6,8H2,1-2H3,(H,17,18). The van der Waals surface area contributed by atoms with Crippen molar-refractivity contribution in [2.45, 2.75) is 33.2 Å². The molecule has 19 heavy (non-hydrogen) atoms. The van der Waals surface area contributed by atoms with E-state index in [2.05, 4.69) is 0 Å². The maximum atomic E-state index is 12.3. The van der Waals surface area contributed by atoms with Gasteiger partial charge in [-0.3, -0.25) is 4.79 Å². The molecule has 1 aliphatic rings. The van der Waals surface area contributed by atoms with Gasteiger partial charge >= 0.3 is 5.97 Å². The van der Waals surface area contributed by atoms with Crippen LogP contribution in [0.3, 0.4) is 0 Å². The van der Waals surface area contributed by atoms with Gasteiger partial charge in [0, 0.05) is 25.5 Å². The fourth-order valence-electron chi connectivity index (χ4n) is 2.60. The molecular formula is C14H19NO4. The van der Waals surface area contributed by atoms with Gasteiger partial charge in [-0.1, -0.05) is 0 Å². The van der Waals surface area contributed by atoms with E-state index < -0.39 is 11.5 Å². The van der Waals surface area contributed by atoms with Crippen molar-refractivity contribution in [3.63, 3.8) is 0 Å². The Balaban J connectivity index is 2.36. The van der Waals surface area contributed by atoms with Crippen LogP contribution in [0.4, 0.5) is 0 Å². The zero-order chi connectivity index (χ0) is 14.0. The van der Waals surface area contributed by atoms with Crippen molar-refractivity contribution in [3.05, 3.63) is 33.2 Å². The Kier molecular flexibility index (Phi) is 4.04. The lowest BCUT2D eigenvalue weighted by molar-refractivity contribution is 0.0603. The average molecular weight is 265 g/mol. The zero-order valence-electron chi connectivity index (χ0n) is 11.3. The monoisotopic (exact) mass is 265 g/mol. The molecule has 0 atom stereocenters. The van der Waals surface area contributed by atoms with E-state index in [0.717, 1.165) is 31.7 Å². The number of carbonyl (C=O) groups is 1. The molecule has 0 aromatic carbocycles. The number of rotatable bonds is 3. The fraction of sp³-hybridized carbons (Fsp3) is 0.571. The summed E-state index contributed by atoms with van der Waals surface area (Å²) in [6, 6.07) is 1.77. The van der Waals surface area contributed by atoms with Crippen LogP contribution in [-0.2, 0) is 11.3 Å². The van der Waals surface area contributed by atoms with Crippen molar-refractivity contribution in [2.75, 3.05) is 13.2 Å². The van der Waals surface area contributed by atoms with Crippen molar-refractivity contribution >= 4 is 5.97 Å². The molecule has 0 spiro atoms. The Morgan fingerprint density at radius 2 is 2.05 bits per heavy atom. The van der Waals surface area contributed by atoms with Gasteiger partial charge in [-0.25, -0.2) is 4.79 Å². The molecule has 1 fully saturated rings. The minimum absolute atomic E-state index is 0.113. The molecule has 0 aliphatic carbocycles. The van der Waals surface area contributed by atoms with Crippen LogP contribution in [0.5, 0.6) is 0 Å². The van der Waals surface area contributed by atoms with Gasteiger partial charge < -0.3 is 14.4 Å². The number of carboxylic acid groups (broad SMARTS) is 1. The highest BCUT2D eigenvalue weighted by Crippen LogP contribution is 2.17. The van der Waals surface area contributed by atoms with Crippen molar-refractivity contribution in [3.8, 4) is 0 Å². The van der Waals surface area contributed by atoms with Gasteiger partial charge in [0.05, 0.1) is 0 Å². The summed E-state index contributed by atoms with van der Waals surface area (Å²) >= 11 is 0. The summed E-state index contributed by atoms with van der Waals surface area (Å²) in [6.45, 7) is 5.52. The van der Waals surface area contributed by atoms with Gasteiger partial charge in [0.25, 0.3) is 5.56 Å². The third kappa shape index (κ3) is 2.87. The summed E-state index contributed by atoms with van der Waals surface area (Å²) in [5, 5.41) is 9.13. The maximum Gasteiger partial charge on any atom is 0.341 e. The summed E-state index contributed by atoms with van der Waals surface area (Å²) in [6.07, 6.45) is 1.84. The average Bonchev–Trinajstić information content (AvgIpc) is 2.35. The van der Waals surface area contributed by atoms with E-state index in [4.69, 9.17) is 9.84 Å². The smallest absolute Gasteiger partial charge is 0.341 e. The molecule has 2 heterocycles. The summed E-state index contributed by atoms with van der Waals surface area (Å²) in [5.41, 5.74) is 0.839. The van der Waals surface area contributed by atoms with Crippen LogP contribution in [-0.4, -0.2) is 28.9 Å². The number of hydrogen-bond acceptors (Lipinski definition) is 3. The van der Waals surface area contributed by atoms with Crippen LogP contribution in [0, 0.1) is 19.8 Å². The van der Waals surface area contributed by atoms with Crippen LogP contribution in [0.25, 0.3) is 0 Å². The molecule has 0 amide bonds. The Labute approximate surface area is 111 Å². The minimum Gasteiger partial charge on any atom is -0.477 e. The summed E-state index contributed by atoms with van der Waals surface area (Å²) < 4.78 is 6.89. The second-order valence-corrected chi connectivity index (χ2v) is 5.12. The number of ether oxygens (including phenoxy) is 1. The lowest BCUT2D eigenvalue weighted by Gasteiger charge is -2.24. The zero-order valence-corrected chi connectivity index (χ0v) is 11.3. The van der Waals surface area contributed by atoms with Crippen LogP contribution in [0.2, 0.25) is 0 Å². The van der Waals surface area contributed by atoms with Gasteiger partial charge in [-0.2, -0.15) is 0 Å². The van der Waals surface area contributed by atoms with Crippen molar-refractivity contribution in [2.24, 2.45) is 5.92 Å². The predicted molar refractivity (Wildman–Crippen MR) is 70.7 cm³/mol. The SMILES string of the molecule is Cc1cc(C)n(CC2CCOCC2)c(=O)c1C(=O)O. The lowest BCUT2D eigenvalue weighted by atomic mass is 9.99. The van der Waals surface area contributed by atoms with Crippen LogP contribution < -0.4 is 5.56 Å². The molecule has 104 valence electrons. The molecule has 0 unspecified atom stereocenters. The third-order valence-electron chi connectivity index (χ3n) is 3.70. The van der Waals surface area contributed by atoms with E-state index in [1.54, 1.807) is 17.6 Å². The number of pyridine rings is 1. The summed E-state index contributed by atoms with van der Waals surface area (Å²) in [7, 11) is 0. The molecule has 5 nitrogen and oxygen atoms in total. The van der Waals surface area contributed by atoms with Crippen molar-refractivity contribution in [1.29, 1.82) is 0 Å². The molecular weight excluding hydrogens is 246 g/mol. The third-order valence-corrected chi connectivity index (χ3v) is 3.70. The second-order valence-electron chi connectivity index (χ2n) is 5.12. The number of nitrogens with zero attached hydrogens (tertiary/aromatic N) is 1. The molecule has 1 saturated heterocycles. The van der Waals surface area contributed by atoms with E-state index in [1.165, 1.54) is 0 Å². The van der Waals surface area contributed by atoms with E-state index in [-0.39, 0.29) is 5.56 Å². The Hall–Kier alpha value is -1.62. The Morgan fingerprint density at radius 3 is 2.63 bits per heavy atom. The molecule has 1 aromatic rings. The van der Waals surface area contributed by atoms with Crippen molar-refractivity contribution in [1.82, 2.24) is 4.57 Å². The molecule has 2 rings (SSSR count). The van der Waals surface area contributed by atoms with Gasteiger partial charge in [-0.15, -0.1) is 0 Å². The summed E-state index contributed by atoms with van der Waals surface area (Å²) in [4.78, 5) is 23.4. The highest BCUT2D eigenvalue weighted by molar-refractivity contribution is 5.88. The maximum absolute atomic E-state index is 12.3. The lowest BCUT2D eigenvalue weighted by Crippen LogP contribution is -2.33. The van der Waals surface area contributed by atoms with E-state index in [0.29, 0.717) is 18.0 Å². The van der Waals surface area contributed by atoms with Crippen LogP contribution in [0.15, 0.2) is 10.9 Å². The van der Waals surface area contributed by atoms with Gasteiger partial charge in [0.2, 0.25) is 0 Å². The molecule has 5 heteroatoms. The highest BCUT2D eigenvalue weighted by atomic mass is 16.5. The van der Waals surface area contributed by atoms with E-state index >= 15 is 0 Å². The first-order chi connectivity index (χ1) is 9.00. The van der Waals surface area contributed by atoms with Crippen LogP contribution >= 0.6 is 0 Å². The largest absolute Gasteiger partial charge is 0.477 e. The highest BCUT2D eigenvalue weighted by Gasteiger charge is 2.20. The Bertz CT molecular complexity index is 541. The van der Waals surface area contributed by atoms with E-state index in [9.17, 15) is 9.59 Å². The van der Waals surface area contributed by atoms with Gasteiger partial charge in [0.15, 0.2) is 0 Å². The summed E-state index contributed by atoms with van der Waals surface area (Å²) in [5.74, 6) is -0.766. The van der Waals surface area contributed by atoms with Crippen LogP contribution in [0.1, 0.15) is 34.5 Å². The fourth-order valence-corrected chi connectivity index (χ4v) is 2.60. The minimum atomic E-state index is -1.15. The first-order valence-electron chi connectivity index (χ1n) is 6.52. The number of aromatic carboxylic acids is 1. The Morgan fingerprint density at radius 1 is 1.42 bits per heavy atom. The predicted octanol–water partition coefficient (Wildman–Crippen LogP) is 1.59. The number of hydrogen-bond donors (Lipinski definition) is 1. The normalized spacial score (nSPS) is 16.5. The second kappa shape index (κ2) is 5.57. The van der Waals surface area contributed by atoms with Crippen molar-refractivity contribution < 1.29 is 14.6 Å². The molecule has 1 aliphatic heterocycles. The molecule has 0 saturated carbocycles. The molecule has 1 N–H and O–H groups in total. The number of aryl methyl sites for hydroxylation is 2. The number of carboxylic acids is 1. The first kappa shape index (κ1) is 13.8. The first-order valence-corrected chi connectivity index (χ1v) is 6.52. The molecule has 0 radical (unpaired) electrons.